The monoisotopic (exact) mass is 169 g/mol. The Morgan fingerprint density at radius 1 is 1.45 bits per heavy atom. The van der Waals surface area contributed by atoms with Crippen LogP contribution in [0.1, 0.15) is 6.92 Å². The number of ether oxygens (including phenoxy) is 1. The van der Waals surface area contributed by atoms with Crippen molar-refractivity contribution in [3.05, 3.63) is 11.9 Å². The summed E-state index contributed by atoms with van der Waals surface area (Å²) in [5, 5.41) is 0. The van der Waals surface area contributed by atoms with Crippen molar-refractivity contribution in [3.8, 4) is 0 Å². The third-order valence-electron chi connectivity index (χ3n) is 0.723. The van der Waals surface area contributed by atoms with E-state index in [1.54, 1.807) is 0 Å². The summed E-state index contributed by atoms with van der Waals surface area (Å²) in [6, 6.07) is 0. The van der Waals surface area contributed by atoms with Crippen LogP contribution >= 0.6 is 0 Å². The second-order valence-electron chi connectivity index (χ2n) is 1.64. The van der Waals surface area contributed by atoms with Crippen LogP contribution in [0, 0.1) is 0 Å². The number of hydrogen-bond donors (Lipinski definition) is 1. The van der Waals surface area contributed by atoms with Gasteiger partial charge in [0.25, 0.3) is 0 Å². The molecule has 11 heavy (non-hydrogen) atoms. The lowest BCUT2D eigenvalue weighted by Gasteiger charge is -2.07. The third-order valence-corrected chi connectivity index (χ3v) is 0.723. The molecule has 0 aromatic rings. The SMILES string of the molecule is CC(=O)OC(N)C(F)=C(F)F. The molecular weight excluding hydrogens is 163 g/mol. The molecule has 0 rings (SSSR count). The molecule has 1 atom stereocenters. The van der Waals surface area contributed by atoms with E-state index in [0.29, 0.717) is 0 Å². The fourth-order valence-electron chi connectivity index (χ4n) is 0.338. The van der Waals surface area contributed by atoms with Gasteiger partial charge in [-0.15, -0.1) is 0 Å². The zero-order chi connectivity index (χ0) is 9.02. The molecule has 64 valence electrons. The Morgan fingerprint density at radius 3 is 2.18 bits per heavy atom. The van der Waals surface area contributed by atoms with Crippen molar-refractivity contribution in [2.75, 3.05) is 0 Å². The van der Waals surface area contributed by atoms with Gasteiger partial charge in [-0.2, -0.15) is 8.78 Å². The van der Waals surface area contributed by atoms with Gasteiger partial charge in [-0.05, 0) is 0 Å². The zero-order valence-corrected chi connectivity index (χ0v) is 5.61. The highest BCUT2D eigenvalue weighted by Gasteiger charge is 2.17. The molecule has 3 nitrogen and oxygen atoms in total. The van der Waals surface area contributed by atoms with Crippen molar-refractivity contribution in [1.82, 2.24) is 0 Å². The number of esters is 1. The Bertz CT molecular complexity index is 188. The van der Waals surface area contributed by atoms with Crippen LogP contribution < -0.4 is 5.73 Å². The molecule has 1 unspecified atom stereocenters. The predicted octanol–water partition coefficient (Wildman–Crippen LogP) is 0.912. The van der Waals surface area contributed by atoms with E-state index in [9.17, 15) is 18.0 Å². The minimum absolute atomic E-state index is 0.922. The molecular formula is C5H6F3NO2. The van der Waals surface area contributed by atoms with Crippen LogP contribution in [0.4, 0.5) is 13.2 Å². The topological polar surface area (TPSA) is 52.3 Å². The van der Waals surface area contributed by atoms with E-state index < -0.39 is 24.1 Å². The van der Waals surface area contributed by atoms with Crippen molar-refractivity contribution in [3.63, 3.8) is 0 Å². The van der Waals surface area contributed by atoms with Gasteiger partial charge in [-0.25, -0.2) is 4.39 Å². The van der Waals surface area contributed by atoms with Crippen LogP contribution in [-0.4, -0.2) is 12.2 Å². The summed E-state index contributed by atoms with van der Waals surface area (Å²) >= 11 is 0. The van der Waals surface area contributed by atoms with E-state index >= 15 is 0 Å². The number of nitrogens with two attached hydrogens (primary N) is 1. The molecule has 2 N–H and O–H groups in total. The normalized spacial score (nSPS) is 12.1. The molecule has 0 fully saturated rings. The average Bonchev–Trinajstić information content (AvgIpc) is 1.84. The highest BCUT2D eigenvalue weighted by atomic mass is 19.3. The molecule has 0 aliphatic heterocycles. The molecule has 0 spiro atoms. The van der Waals surface area contributed by atoms with Gasteiger partial charge in [0.2, 0.25) is 12.1 Å². The fraction of sp³-hybridized carbons (Fsp3) is 0.400. The molecule has 0 saturated heterocycles. The summed E-state index contributed by atoms with van der Waals surface area (Å²) < 4.78 is 38.6. The number of carbonyl (C=O) groups is 1. The first kappa shape index (κ1) is 9.96. The van der Waals surface area contributed by atoms with Crippen molar-refractivity contribution < 1.29 is 22.7 Å². The lowest BCUT2D eigenvalue weighted by Crippen LogP contribution is -2.27. The lowest BCUT2D eigenvalue weighted by atomic mass is 10.5. The summed E-state index contributed by atoms with van der Waals surface area (Å²) in [6.07, 6.45) is -4.59. The Kier molecular flexibility index (Phi) is 3.59. The minimum Gasteiger partial charge on any atom is -0.440 e. The van der Waals surface area contributed by atoms with E-state index in [2.05, 4.69) is 10.5 Å². The summed E-state index contributed by atoms with van der Waals surface area (Å²) in [7, 11) is 0. The first-order valence-electron chi connectivity index (χ1n) is 2.58. The summed E-state index contributed by atoms with van der Waals surface area (Å²) in [5.41, 5.74) is 4.66. The predicted molar refractivity (Wildman–Crippen MR) is 30.1 cm³/mol. The second kappa shape index (κ2) is 3.97. The largest absolute Gasteiger partial charge is 0.440 e. The van der Waals surface area contributed by atoms with E-state index in [-0.39, 0.29) is 0 Å². The third kappa shape index (κ3) is 3.61. The lowest BCUT2D eigenvalue weighted by molar-refractivity contribution is -0.145. The van der Waals surface area contributed by atoms with E-state index in [1.807, 2.05) is 0 Å². The van der Waals surface area contributed by atoms with Gasteiger partial charge in [-0.3, -0.25) is 10.5 Å². The van der Waals surface area contributed by atoms with Gasteiger partial charge in [0, 0.05) is 6.92 Å². The molecule has 0 amide bonds. The first-order valence-corrected chi connectivity index (χ1v) is 2.58. The van der Waals surface area contributed by atoms with Gasteiger partial charge in [0.05, 0.1) is 0 Å². The van der Waals surface area contributed by atoms with E-state index in [1.165, 1.54) is 0 Å². The fourth-order valence-corrected chi connectivity index (χ4v) is 0.338. The Balaban J connectivity index is 4.15. The standard InChI is InChI=1S/C5H6F3NO2/c1-2(10)11-5(9)3(6)4(7)8/h5H,9H2,1H3. The van der Waals surface area contributed by atoms with Gasteiger partial charge >= 0.3 is 12.0 Å². The molecule has 0 aromatic heterocycles. The van der Waals surface area contributed by atoms with Crippen LogP contribution in [-0.2, 0) is 9.53 Å². The van der Waals surface area contributed by atoms with Crippen molar-refractivity contribution in [2.45, 2.75) is 13.2 Å². The maximum atomic E-state index is 12.0. The molecule has 0 radical (unpaired) electrons. The van der Waals surface area contributed by atoms with Crippen molar-refractivity contribution >= 4 is 5.97 Å². The smallest absolute Gasteiger partial charge is 0.306 e. The highest BCUT2D eigenvalue weighted by Crippen LogP contribution is 2.12. The maximum absolute atomic E-state index is 12.0. The molecule has 0 saturated carbocycles. The van der Waals surface area contributed by atoms with Crippen LogP contribution in [0.15, 0.2) is 11.9 Å². The van der Waals surface area contributed by atoms with Crippen LogP contribution in [0.25, 0.3) is 0 Å². The summed E-state index contributed by atoms with van der Waals surface area (Å²) in [4.78, 5) is 10.0. The van der Waals surface area contributed by atoms with Gasteiger partial charge in [0.1, 0.15) is 0 Å². The molecule has 0 bridgehead atoms. The first-order chi connectivity index (χ1) is 4.95. The van der Waals surface area contributed by atoms with Crippen molar-refractivity contribution in [2.24, 2.45) is 5.73 Å². The average molecular weight is 169 g/mol. The summed E-state index contributed by atoms with van der Waals surface area (Å²) in [5.74, 6) is -2.85. The number of hydrogen-bond acceptors (Lipinski definition) is 3. The van der Waals surface area contributed by atoms with E-state index in [4.69, 9.17) is 0 Å². The van der Waals surface area contributed by atoms with Gasteiger partial charge in [-0.1, -0.05) is 0 Å². The van der Waals surface area contributed by atoms with Gasteiger partial charge in [0.15, 0.2) is 0 Å². The zero-order valence-electron chi connectivity index (χ0n) is 5.61. The molecule has 0 aromatic carbocycles. The van der Waals surface area contributed by atoms with Gasteiger partial charge < -0.3 is 4.74 Å². The summed E-state index contributed by atoms with van der Waals surface area (Å²) in [6.45, 7) is 0.934. The van der Waals surface area contributed by atoms with E-state index in [0.717, 1.165) is 6.92 Å². The molecule has 0 aliphatic carbocycles. The Labute approximate surface area is 60.6 Å². The molecule has 0 heterocycles. The maximum Gasteiger partial charge on any atom is 0.306 e. The molecule has 6 heteroatoms. The minimum atomic E-state index is -2.58. The van der Waals surface area contributed by atoms with Crippen molar-refractivity contribution in [1.29, 1.82) is 0 Å². The number of halogens is 3. The Morgan fingerprint density at radius 2 is 1.91 bits per heavy atom. The number of rotatable bonds is 2. The quantitative estimate of drug-likeness (QED) is 0.493. The number of carbonyl (C=O) groups excluding carboxylic acids is 1. The van der Waals surface area contributed by atoms with Crippen LogP contribution in [0.3, 0.4) is 0 Å². The molecule has 0 aliphatic rings. The highest BCUT2D eigenvalue weighted by molar-refractivity contribution is 5.66. The van der Waals surface area contributed by atoms with Crippen LogP contribution in [0.5, 0.6) is 0 Å². The Hall–Kier alpha value is -1.04. The van der Waals surface area contributed by atoms with Crippen LogP contribution in [0.2, 0.25) is 0 Å². The second-order valence-corrected chi connectivity index (χ2v) is 1.64.